The van der Waals surface area contributed by atoms with Crippen LogP contribution in [0.1, 0.15) is 63.5 Å². The van der Waals surface area contributed by atoms with E-state index in [2.05, 4.69) is 34.4 Å². The Morgan fingerprint density at radius 3 is 2.34 bits per heavy atom. The molecule has 9 nitrogen and oxygen atoms in total. The van der Waals surface area contributed by atoms with E-state index in [0.29, 0.717) is 28.7 Å². The summed E-state index contributed by atoms with van der Waals surface area (Å²) in [7, 11) is 1.57. The van der Waals surface area contributed by atoms with Crippen molar-refractivity contribution in [3.05, 3.63) is 40.9 Å². The maximum absolute atomic E-state index is 13.1. The van der Waals surface area contributed by atoms with Crippen LogP contribution in [-0.2, 0) is 16.0 Å². The van der Waals surface area contributed by atoms with Gasteiger partial charge in [-0.2, -0.15) is 0 Å². The molecular weight excluding hydrogens is 502 g/mol. The number of amides is 3. The van der Waals surface area contributed by atoms with Gasteiger partial charge in [0.05, 0.1) is 19.2 Å². The molecule has 210 valence electrons. The second kappa shape index (κ2) is 16.1. The van der Waals surface area contributed by atoms with E-state index in [1.54, 1.807) is 36.8 Å². The number of thiazole rings is 1. The van der Waals surface area contributed by atoms with Gasteiger partial charge in [0.15, 0.2) is 5.13 Å². The fraction of sp³-hybridized carbons (Fsp3) is 0.571. The normalized spacial score (nSPS) is 11.9. The number of aromatic nitrogens is 1. The van der Waals surface area contributed by atoms with E-state index in [-0.39, 0.29) is 42.6 Å². The largest absolute Gasteiger partial charge is 0.497 e. The SMILES string of the molecule is CCN(CC)CCCC(C)NC(=O)Cc1csc(NC(=O)CN(CC(C)C)C(=O)c2ccc(OC)cc2)n1. The smallest absolute Gasteiger partial charge is 0.254 e. The molecule has 0 fully saturated rings. The number of carbonyl (C=O) groups excluding carboxylic acids is 3. The molecule has 0 aliphatic carbocycles. The van der Waals surface area contributed by atoms with Crippen LogP contribution in [0.5, 0.6) is 5.75 Å². The summed E-state index contributed by atoms with van der Waals surface area (Å²) in [6, 6.07) is 6.92. The first-order chi connectivity index (χ1) is 18.1. The van der Waals surface area contributed by atoms with E-state index in [1.807, 2.05) is 20.8 Å². The van der Waals surface area contributed by atoms with Crippen molar-refractivity contribution >= 4 is 34.2 Å². The molecule has 2 aromatic rings. The minimum absolute atomic E-state index is 0.0864. The van der Waals surface area contributed by atoms with Crippen molar-refractivity contribution in [3.63, 3.8) is 0 Å². The lowest BCUT2D eigenvalue weighted by molar-refractivity contribution is -0.121. The highest BCUT2D eigenvalue weighted by molar-refractivity contribution is 7.13. The fourth-order valence-electron chi connectivity index (χ4n) is 4.08. The Bertz CT molecular complexity index is 1020. The Labute approximate surface area is 230 Å². The minimum Gasteiger partial charge on any atom is -0.497 e. The Balaban J connectivity index is 1.87. The van der Waals surface area contributed by atoms with E-state index in [0.717, 1.165) is 32.5 Å². The predicted octanol–water partition coefficient (Wildman–Crippen LogP) is 4.06. The highest BCUT2D eigenvalue weighted by Gasteiger charge is 2.21. The summed E-state index contributed by atoms with van der Waals surface area (Å²) < 4.78 is 5.16. The van der Waals surface area contributed by atoms with Gasteiger partial charge >= 0.3 is 0 Å². The first-order valence-electron chi connectivity index (χ1n) is 13.3. The topological polar surface area (TPSA) is 104 Å². The van der Waals surface area contributed by atoms with Crippen LogP contribution in [0.3, 0.4) is 0 Å². The lowest BCUT2D eigenvalue weighted by Crippen LogP contribution is -2.40. The van der Waals surface area contributed by atoms with Crippen molar-refractivity contribution in [3.8, 4) is 5.75 Å². The van der Waals surface area contributed by atoms with E-state index < -0.39 is 0 Å². The van der Waals surface area contributed by atoms with Gasteiger partial charge in [-0.05, 0) is 69.6 Å². The Morgan fingerprint density at radius 2 is 1.74 bits per heavy atom. The molecule has 2 N–H and O–H groups in total. The van der Waals surface area contributed by atoms with Gasteiger partial charge in [-0.15, -0.1) is 11.3 Å². The van der Waals surface area contributed by atoms with Crippen molar-refractivity contribution in [1.82, 2.24) is 20.1 Å². The molecule has 10 heteroatoms. The Kier molecular flexibility index (Phi) is 13.2. The van der Waals surface area contributed by atoms with E-state index in [4.69, 9.17) is 4.74 Å². The first-order valence-corrected chi connectivity index (χ1v) is 14.2. The van der Waals surface area contributed by atoms with Crippen LogP contribution in [-0.4, -0.2) is 78.4 Å². The fourth-order valence-corrected chi connectivity index (χ4v) is 4.80. The summed E-state index contributed by atoms with van der Waals surface area (Å²) in [5.74, 6) is 0.206. The van der Waals surface area contributed by atoms with Crippen molar-refractivity contribution in [2.45, 2.75) is 59.9 Å². The molecule has 0 saturated carbocycles. The second-order valence-electron chi connectivity index (χ2n) is 9.81. The third-order valence-corrected chi connectivity index (χ3v) is 6.90. The number of hydrogen-bond acceptors (Lipinski definition) is 7. The lowest BCUT2D eigenvalue weighted by Gasteiger charge is -2.24. The van der Waals surface area contributed by atoms with E-state index >= 15 is 0 Å². The number of carbonyl (C=O) groups is 3. The summed E-state index contributed by atoms with van der Waals surface area (Å²) >= 11 is 1.26. The molecule has 0 aliphatic rings. The molecule has 0 spiro atoms. The van der Waals surface area contributed by atoms with Gasteiger partial charge in [0.2, 0.25) is 11.8 Å². The predicted molar refractivity (Wildman–Crippen MR) is 153 cm³/mol. The minimum atomic E-state index is -0.334. The zero-order chi connectivity index (χ0) is 28.1. The molecule has 3 amide bonds. The van der Waals surface area contributed by atoms with Gasteiger partial charge < -0.3 is 25.2 Å². The van der Waals surface area contributed by atoms with Crippen LogP contribution >= 0.6 is 11.3 Å². The van der Waals surface area contributed by atoms with Crippen LogP contribution in [0, 0.1) is 5.92 Å². The molecular formula is C28H43N5O4S. The average molecular weight is 546 g/mol. The van der Waals surface area contributed by atoms with Gasteiger partial charge in [-0.3, -0.25) is 14.4 Å². The van der Waals surface area contributed by atoms with Gasteiger partial charge in [0.25, 0.3) is 5.91 Å². The molecule has 1 atom stereocenters. The second-order valence-corrected chi connectivity index (χ2v) is 10.7. The highest BCUT2D eigenvalue weighted by Crippen LogP contribution is 2.17. The van der Waals surface area contributed by atoms with E-state index in [1.165, 1.54) is 16.2 Å². The lowest BCUT2D eigenvalue weighted by atomic mass is 10.1. The summed E-state index contributed by atoms with van der Waals surface area (Å²) in [5, 5.41) is 7.99. The number of ether oxygens (including phenoxy) is 1. The molecule has 0 bridgehead atoms. The molecule has 1 unspecified atom stereocenters. The summed E-state index contributed by atoms with van der Waals surface area (Å²) in [6.45, 7) is 13.8. The highest BCUT2D eigenvalue weighted by atomic mass is 32.1. The Morgan fingerprint density at radius 1 is 1.05 bits per heavy atom. The number of hydrogen-bond donors (Lipinski definition) is 2. The number of anilines is 1. The zero-order valence-corrected chi connectivity index (χ0v) is 24.4. The van der Waals surface area contributed by atoms with Crippen molar-refractivity contribution in [1.29, 1.82) is 0 Å². The van der Waals surface area contributed by atoms with Gasteiger partial charge in [-0.25, -0.2) is 4.98 Å². The average Bonchev–Trinajstić information content (AvgIpc) is 3.31. The van der Waals surface area contributed by atoms with Crippen LogP contribution in [0.2, 0.25) is 0 Å². The number of rotatable bonds is 16. The number of nitrogens with one attached hydrogen (secondary N) is 2. The molecule has 1 aromatic heterocycles. The zero-order valence-electron chi connectivity index (χ0n) is 23.6. The molecule has 0 aliphatic heterocycles. The third kappa shape index (κ3) is 10.8. The molecule has 2 rings (SSSR count). The van der Waals surface area contributed by atoms with Crippen molar-refractivity contribution < 1.29 is 19.1 Å². The molecule has 38 heavy (non-hydrogen) atoms. The third-order valence-electron chi connectivity index (χ3n) is 6.10. The van der Waals surface area contributed by atoms with Crippen LogP contribution < -0.4 is 15.4 Å². The van der Waals surface area contributed by atoms with Crippen LogP contribution in [0.4, 0.5) is 5.13 Å². The summed E-state index contributed by atoms with van der Waals surface area (Å²) in [5.41, 5.74) is 1.09. The monoisotopic (exact) mass is 545 g/mol. The van der Waals surface area contributed by atoms with Crippen LogP contribution in [0.15, 0.2) is 29.6 Å². The number of nitrogens with zero attached hydrogens (tertiary/aromatic N) is 3. The van der Waals surface area contributed by atoms with Gasteiger partial charge in [0.1, 0.15) is 12.3 Å². The molecule has 1 heterocycles. The maximum atomic E-state index is 13.1. The standard InChI is InChI=1S/C28H43N5O4S/c1-7-32(8-2)15-9-10-21(5)29-25(34)16-23-19-38-28(30-23)31-26(35)18-33(17-20(3)4)27(36)22-11-13-24(37-6)14-12-22/h11-14,19-21H,7-10,15-18H2,1-6H3,(H,29,34)(H,30,31,35). The number of benzene rings is 1. The molecule has 0 radical (unpaired) electrons. The Hall–Kier alpha value is -2.98. The molecule has 1 aromatic carbocycles. The van der Waals surface area contributed by atoms with Crippen LogP contribution in [0.25, 0.3) is 0 Å². The first kappa shape index (κ1) is 31.2. The summed E-state index contributed by atoms with van der Waals surface area (Å²) in [6.07, 6.45) is 2.11. The quantitative estimate of drug-likeness (QED) is 0.330. The maximum Gasteiger partial charge on any atom is 0.254 e. The van der Waals surface area contributed by atoms with Gasteiger partial charge in [-0.1, -0.05) is 27.7 Å². The van der Waals surface area contributed by atoms with Gasteiger partial charge in [0, 0.05) is 23.5 Å². The van der Waals surface area contributed by atoms with E-state index in [9.17, 15) is 14.4 Å². The van der Waals surface area contributed by atoms with Crippen molar-refractivity contribution in [2.24, 2.45) is 5.92 Å². The number of methoxy groups -OCH3 is 1. The summed E-state index contributed by atoms with van der Waals surface area (Å²) in [4.78, 5) is 46.6. The van der Waals surface area contributed by atoms with Crippen molar-refractivity contribution in [2.75, 3.05) is 45.2 Å². The molecule has 0 saturated heterocycles.